The van der Waals surface area contributed by atoms with E-state index >= 15 is 0 Å². The van der Waals surface area contributed by atoms with E-state index in [1.165, 1.54) is 0 Å². The third-order valence-electron chi connectivity index (χ3n) is 4.49. The Morgan fingerprint density at radius 1 is 1.21 bits per heavy atom. The van der Waals surface area contributed by atoms with Gasteiger partial charge in [-0.15, -0.1) is 0 Å². The molecule has 3 rings (SSSR count). The highest BCUT2D eigenvalue weighted by Gasteiger charge is 2.17. The third-order valence-corrected chi connectivity index (χ3v) is 5.22. The molecule has 6 heteroatoms. The van der Waals surface area contributed by atoms with E-state index in [0.717, 1.165) is 39.0 Å². The number of benzene rings is 2. The highest BCUT2D eigenvalue weighted by Crippen LogP contribution is 2.37. The maximum atomic E-state index is 12.5. The van der Waals surface area contributed by atoms with Gasteiger partial charge in [-0.1, -0.05) is 23.2 Å². The number of hydrogen-bond donors (Lipinski definition) is 1. The molecule has 4 nitrogen and oxygen atoms in total. The Labute approximate surface area is 174 Å². The van der Waals surface area contributed by atoms with E-state index in [1.807, 2.05) is 33.8 Å². The van der Waals surface area contributed by atoms with Gasteiger partial charge in [-0.3, -0.25) is 4.79 Å². The van der Waals surface area contributed by atoms with Gasteiger partial charge < -0.3 is 14.5 Å². The predicted molar refractivity (Wildman–Crippen MR) is 116 cm³/mol. The van der Waals surface area contributed by atoms with Crippen LogP contribution in [-0.4, -0.2) is 12.5 Å². The number of hydrogen-bond acceptors (Lipinski definition) is 3. The quantitative estimate of drug-likeness (QED) is 0.464. The molecule has 0 radical (unpaired) electrons. The number of amides is 1. The number of fused-ring (bicyclic) bond motifs is 1. The first kappa shape index (κ1) is 20.3. The number of rotatable bonds is 5. The van der Waals surface area contributed by atoms with Crippen molar-refractivity contribution in [1.29, 1.82) is 0 Å². The molecule has 2 aromatic carbocycles. The Balaban J connectivity index is 1.97. The van der Waals surface area contributed by atoms with Gasteiger partial charge in [0.15, 0.2) is 0 Å². The lowest BCUT2D eigenvalue weighted by Gasteiger charge is -2.14. The van der Waals surface area contributed by atoms with Gasteiger partial charge >= 0.3 is 0 Å². The van der Waals surface area contributed by atoms with Gasteiger partial charge in [0.1, 0.15) is 11.3 Å². The Morgan fingerprint density at radius 3 is 2.64 bits per heavy atom. The second kappa shape index (κ2) is 8.29. The van der Waals surface area contributed by atoms with Gasteiger partial charge in [-0.25, -0.2) is 0 Å². The molecule has 0 spiro atoms. The number of anilines is 1. The monoisotopic (exact) mass is 417 g/mol. The molecule has 28 heavy (non-hydrogen) atoms. The molecule has 0 atom stereocenters. The van der Waals surface area contributed by atoms with Crippen molar-refractivity contribution in [3.05, 3.63) is 63.3 Å². The fourth-order valence-corrected chi connectivity index (χ4v) is 3.39. The van der Waals surface area contributed by atoms with Crippen LogP contribution in [0.4, 0.5) is 5.69 Å². The summed E-state index contributed by atoms with van der Waals surface area (Å²) >= 11 is 11.9. The van der Waals surface area contributed by atoms with Crippen LogP contribution in [0.3, 0.4) is 0 Å². The zero-order valence-electron chi connectivity index (χ0n) is 16.2. The Morgan fingerprint density at radius 2 is 1.96 bits per heavy atom. The first-order valence-corrected chi connectivity index (χ1v) is 9.66. The van der Waals surface area contributed by atoms with Crippen molar-refractivity contribution in [3.63, 3.8) is 0 Å². The van der Waals surface area contributed by atoms with Crippen LogP contribution in [0.15, 0.2) is 41.0 Å². The van der Waals surface area contributed by atoms with Crippen LogP contribution in [0.25, 0.3) is 16.5 Å². The maximum absolute atomic E-state index is 12.5. The molecule has 1 aromatic heterocycles. The fourth-order valence-electron chi connectivity index (χ4n) is 3.09. The van der Waals surface area contributed by atoms with E-state index in [0.29, 0.717) is 22.3 Å². The molecule has 0 aliphatic heterocycles. The minimum Gasteiger partial charge on any atom is -0.493 e. The van der Waals surface area contributed by atoms with Crippen molar-refractivity contribution in [1.82, 2.24) is 0 Å². The van der Waals surface area contributed by atoms with Crippen molar-refractivity contribution in [2.24, 2.45) is 0 Å². The van der Waals surface area contributed by atoms with E-state index in [9.17, 15) is 4.79 Å². The molecule has 3 aromatic rings. The molecule has 1 heterocycles. The van der Waals surface area contributed by atoms with E-state index in [2.05, 4.69) is 5.32 Å². The van der Waals surface area contributed by atoms with Crippen LogP contribution in [0.2, 0.25) is 10.0 Å². The Hall–Kier alpha value is -2.43. The summed E-state index contributed by atoms with van der Waals surface area (Å²) in [6.07, 6.45) is 3.27. The van der Waals surface area contributed by atoms with Gasteiger partial charge in [0.25, 0.3) is 0 Å². The zero-order chi connectivity index (χ0) is 20.4. The number of aryl methyl sites for hydroxylation is 2. The van der Waals surface area contributed by atoms with Crippen LogP contribution >= 0.6 is 23.2 Å². The summed E-state index contributed by atoms with van der Waals surface area (Å²) in [5, 5.41) is 4.63. The van der Waals surface area contributed by atoms with Crippen LogP contribution in [0, 0.1) is 13.8 Å². The molecule has 0 unspecified atom stereocenters. The number of carbonyl (C=O) groups excluding carboxylic acids is 1. The van der Waals surface area contributed by atoms with Gasteiger partial charge in [0.2, 0.25) is 5.91 Å². The second-order valence-electron chi connectivity index (χ2n) is 6.55. The Kier molecular flexibility index (Phi) is 6.01. The van der Waals surface area contributed by atoms with Gasteiger partial charge in [0, 0.05) is 28.3 Å². The van der Waals surface area contributed by atoms with Crippen LogP contribution in [0.1, 0.15) is 30.5 Å². The summed E-state index contributed by atoms with van der Waals surface area (Å²) < 4.78 is 11.6. The summed E-state index contributed by atoms with van der Waals surface area (Å²) in [4.78, 5) is 12.5. The molecule has 0 aliphatic carbocycles. The molecule has 0 bridgehead atoms. The summed E-state index contributed by atoms with van der Waals surface area (Å²) in [5.74, 6) is 0.459. The lowest BCUT2D eigenvalue weighted by molar-refractivity contribution is -0.111. The average molecular weight is 418 g/mol. The van der Waals surface area contributed by atoms with Crippen LogP contribution < -0.4 is 10.1 Å². The summed E-state index contributed by atoms with van der Waals surface area (Å²) in [7, 11) is 0. The molecule has 146 valence electrons. The maximum Gasteiger partial charge on any atom is 0.248 e. The van der Waals surface area contributed by atoms with E-state index in [4.69, 9.17) is 32.4 Å². The topological polar surface area (TPSA) is 51.5 Å². The summed E-state index contributed by atoms with van der Waals surface area (Å²) in [6.45, 7) is 8.28. The highest BCUT2D eigenvalue weighted by molar-refractivity contribution is 6.42. The molecule has 0 aliphatic rings. The lowest BCUT2D eigenvalue weighted by Crippen LogP contribution is -2.09. The largest absolute Gasteiger partial charge is 0.493 e. The third kappa shape index (κ3) is 4.03. The molecule has 0 fully saturated rings. The summed E-state index contributed by atoms with van der Waals surface area (Å²) in [6, 6.07) is 6.96. The normalized spacial score (nSPS) is 11.7. The van der Waals surface area contributed by atoms with Crippen LogP contribution in [-0.2, 0) is 4.79 Å². The fraction of sp³-hybridized carbons (Fsp3) is 0.227. The number of carbonyl (C=O) groups is 1. The van der Waals surface area contributed by atoms with Crippen molar-refractivity contribution in [2.75, 3.05) is 11.9 Å². The van der Waals surface area contributed by atoms with E-state index < -0.39 is 0 Å². The zero-order valence-corrected chi connectivity index (χ0v) is 17.7. The number of halogens is 2. The second-order valence-corrected chi connectivity index (χ2v) is 7.37. The SMILES string of the molecule is CCOc1c(/C(C)=C/C(=O)Nc2ccc(Cl)c(Cl)c2)cc2c(C)coc2c1C. The van der Waals surface area contributed by atoms with Crippen molar-refractivity contribution < 1.29 is 13.9 Å². The van der Waals surface area contributed by atoms with Crippen LogP contribution in [0.5, 0.6) is 5.75 Å². The van der Waals surface area contributed by atoms with E-state index in [1.54, 1.807) is 30.5 Å². The molecular formula is C22H21Cl2NO3. The van der Waals surface area contributed by atoms with Gasteiger partial charge in [-0.05, 0) is 63.1 Å². The first-order chi connectivity index (χ1) is 13.3. The summed E-state index contributed by atoms with van der Waals surface area (Å²) in [5.41, 5.74) is 4.98. The minimum absolute atomic E-state index is 0.264. The number of furan rings is 1. The number of ether oxygens (including phenoxy) is 1. The minimum atomic E-state index is -0.264. The van der Waals surface area contributed by atoms with Gasteiger partial charge in [-0.2, -0.15) is 0 Å². The standard InChI is InChI=1S/C22H21Cl2NO3/c1-5-27-21-14(4)22-17(13(3)11-28-22)10-16(21)12(2)8-20(26)25-15-6-7-18(23)19(24)9-15/h6-11H,5H2,1-4H3,(H,25,26)/b12-8+. The number of allylic oxidation sites excluding steroid dienone is 1. The molecule has 1 N–H and O–H groups in total. The molecule has 0 saturated heterocycles. The molecular weight excluding hydrogens is 397 g/mol. The lowest BCUT2D eigenvalue weighted by atomic mass is 9.98. The smallest absolute Gasteiger partial charge is 0.248 e. The van der Waals surface area contributed by atoms with Gasteiger partial charge in [0.05, 0.1) is 22.9 Å². The van der Waals surface area contributed by atoms with Crippen molar-refractivity contribution in [3.8, 4) is 5.75 Å². The molecule has 0 saturated carbocycles. The van der Waals surface area contributed by atoms with Crippen molar-refractivity contribution in [2.45, 2.75) is 27.7 Å². The first-order valence-electron chi connectivity index (χ1n) is 8.90. The Bertz CT molecular complexity index is 1080. The molecule has 1 amide bonds. The highest BCUT2D eigenvalue weighted by atomic mass is 35.5. The van der Waals surface area contributed by atoms with Crippen molar-refractivity contribution >= 4 is 51.3 Å². The van der Waals surface area contributed by atoms with E-state index in [-0.39, 0.29) is 5.91 Å². The predicted octanol–water partition coefficient (Wildman–Crippen LogP) is 6.80. The average Bonchev–Trinajstić information content (AvgIpc) is 3.01. The number of nitrogens with one attached hydrogen (secondary N) is 1.